The highest BCUT2D eigenvalue weighted by Gasteiger charge is 2.22. The Kier molecular flexibility index (Phi) is 4.76. The number of carbonyl (C=O) groups excluding carboxylic acids is 1. The van der Waals surface area contributed by atoms with Gasteiger partial charge in [0.2, 0.25) is 5.91 Å². The summed E-state index contributed by atoms with van der Waals surface area (Å²) in [6.07, 6.45) is 1.72. The molecule has 2 rings (SSSR count). The van der Waals surface area contributed by atoms with E-state index in [2.05, 4.69) is 15.2 Å². The molecule has 0 aliphatic carbocycles. The largest absolute Gasteiger partial charge is 0.355 e. The lowest BCUT2D eigenvalue weighted by Gasteiger charge is -2.33. The van der Waals surface area contributed by atoms with Gasteiger partial charge in [0.15, 0.2) is 0 Å². The molecule has 104 valence electrons. The van der Waals surface area contributed by atoms with Crippen molar-refractivity contribution >= 4 is 46.5 Å². The van der Waals surface area contributed by atoms with E-state index in [-0.39, 0.29) is 17.1 Å². The lowest BCUT2D eigenvalue weighted by atomic mass is 10.1. The SMILES string of the molecule is CC(=O)NC1CCN(c2nc(Cl)c(Cl)cc2Cl)CC1. The average Bonchev–Trinajstić information content (AvgIpc) is 2.34. The lowest BCUT2D eigenvalue weighted by Crippen LogP contribution is -2.44. The van der Waals surface area contributed by atoms with Crippen molar-refractivity contribution in [2.24, 2.45) is 0 Å². The summed E-state index contributed by atoms with van der Waals surface area (Å²) in [6.45, 7) is 3.08. The van der Waals surface area contributed by atoms with Gasteiger partial charge in [-0.05, 0) is 18.9 Å². The maximum Gasteiger partial charge on any atom is 0.217 e. The van der Waals surface area contributed by atoms with E-state index in [1.165, 1.54) is 6.92 Å². The van der Waals surface area contributed by atoms with Crippen molar-refractivity contribution in [3.05, 3.63) is 21.3 Å². The van der Waals surface area contributed by atoms with Crippen LogP contribution in [0.2, 0.25) is 15.2 Å². The van der Waals surface area contributed by atoms with Crippen LogP contribution in [0.25, 0.3) is 0 Å². The molecule has 0 atom stereocenters. The van der Waals surface area contributed by atoms with Crippen molar-refractivity contribution in [3.8, 4) is 0 Å². The molecule has 1 amide bonds. The predicted molar refractivity (Wildman–Crippen MR) is 78.3 cm³/mol. The Morgan fingerprint density at radius 2 is 1.95 bits per heavy atom. The van der Waals surface area contributed by atoms with Gasteiger partial charge in [-0.2, -0.15) is 0 Å². The minimum absolute atomic E-state index is 0.00384. The number of nitrogens with one attached hydrogen (secondary N) is 1. The second kappa shape index (κ2) is 6.16. The van der Waals surface area contributed by atoms with Crippen LogP contribution in [0.1, 0.15) is 19.8 Å². The van der Waals surface area contributed by atoms with E-state index in [9.17, 15) is 4.79 Å². The summed E-state index contributed by atoms with van der Waals surface area (Å²) in [5, 5.41) is 4.02. The van der Waals surface area contributed by atoms with E-state index in [0.29, 0.717) is 15.9 Å². The number of hydrogen-bond acceptors (Lipinski definition) is 3. The minimum Gasteiger partial charge on any atom is -0.355 e. The molecule has 1 aliphatic rings. The van der Waals surface area contributed by atoms with Gasteiger partial charge in [-0.3, -0.25) is 4.79 Å². The Morgan fingerprint density at radius 3 is 2.53 bits per heavy atom. The molecule has 7 heteroatoms. The first-order valence-corrected chi connectivity index (χ1v) is 7.14. The first kappa shape index (κ1) is 14.7. The minimum atomic E-state index is 0.00384. The molecule has 19 heavy (non-hydrogen) atoms. The van der Waals surface area contributed by atoms with Gasteiger partial charge < -0.3 is 10.2 Å². The average molecular weight is 323 g/mol. The van der Waals surface area contributed by atoms with E-state index >= 15 is 0 Å². The molecule has 0 radical (unpaired) electrons. The number of carbonyl (C=O) groups is 1. The van der Waals surface area contributed by atoms with E-state index in [0.717, 1.165) is 25.9 Å². The quantitative estimate of drug-likeness (QED) is 0.851. The maximum atomic E-state index is 11.0. The zero-order valence-electron chi connectivity index (χ0n) is 10.4. The van der Waals surface area contributed by atoms with Gasteiger partial charge in [0.1, 0.15) is 11.0 Å². The molecule has 1 saturated heterocycles. The fraction of sp³-hybridized carbons (Fsp3) is 0.500. The molecule has 1 aromatic heterocycles. The van der Waals surface area contributed by atoms with Crippen molar-refractivity contribution in [1.29, 1.82) is 0 Å². The van der Waals surface area contributed by atoms with Crippen LogP contribution in [0.15, 0.2) is 6.07 Å². The highest BCUT2D eigenvalue weighted by molar-refractivity contribution is 6.42. The second-order valence-corrected chi connectivity index (χ2v) is 5.70. The van der Waals surface area contributed by atoms with Gasteiger partial charge in [0.25, 0.3) is 0 Å². The van der Waals surface area contributed by atoms with E-state index in [1.807, 2.05) is 0 Å². The van der Waals surface area contributed by atoms with Gasteiger partial charge in [-0.25, -0.2) is 4.98 Å². The third-order valence-corrected chi connectivity index (χ3v) is 4.02. The highest BCUT2D eigenvalue weighted by Crippen LogP contribution is 2.32. The topological polar surface area (TPSA) is 45.2 Å². The lowest BCUT2D eigenvalue weighted by molar-refractivity contribution is -0.119. The summed E-state index contributed by atoms with van der Waals surface area (Å²) in [5.74, 6) is 0.654. The van der Waals surface area contributed by atoms with Gasteiger partial charge in [-0.1, -0.05) is 34.8 Å². The Bertz CT molecular complexity index is 487. The van der Waals surface area contributed by atoms with Crippen molar-refractivity contribution in [2.45, 2.75) is 25.8 Å². The summed E-state index contributed by atoms with van der Waals surface area (Å²) in [4.78, 5) is 17.3. The van der Waals surface area contributed by atoms with Crippen LogP contribution >= 0.6 is 34.8 Å². The molecule has 0 aromatic carbocycles. The summed E-state index contributed by atoms with van der Waals surface area (Å²) < 4.78 is 0. The van der Waals surface area contributed by atoms with Crippen LogP contribution in [0, 0.1) is 0 Å². The molecule has 0 spiro atoms. The first-order valence-electron chi connectivity index (χ1n) is 6.01. The van der Waals surface area contributed by atoms with Crippen LogP contribution in [-0.2, 0) is 4.79 Å². The molecule has 1 fully saturated rings. The van der Waals surface area contributed by atoms with E-state index in [4.69, 9.17) is 34.8 Å². The van der Waals surface area contributed by atoms with Gasteiger partial charge in [-0.15, -0.1) is 0 Å². The number of piperidine rings is 1. The number of pyridine rings is 1. The number of rotatable bonds is 2. The molecule has 0 unspecified atom stereocenters. The number of aromatic nitrogens is 1. The fourth-order valence-electron chi connectivity index (χ4n) is 2.18. The van der Waals surface area contributed by atoms with Crippen molar-refractivity contribution in [2.75, 3.05) is 18.0 Å². The summed E-state index contributed by atoms with van der Waals surface area (Å²) in [6, 6.07) is 1.82. The number of amides is 1. The Balaban J connectivity index is 2.05. The van der Waals surface area contributed by atoms with E-state index < -0.39 is 0 Å². The monoisotopic (exact) mass is 321 g/mol. The van der Waals surface area contributed by atoms with Crippen LogP contribution in [0.4, 0.5) is 5.82 Å². The highest BCUT2D eigenvalue weighted by atomic mass is 35.5. The third-order valence-electron chi connectivity index (χ3n) is 3.07. The van der Waals surface area contributed by atoms with Crippen LogP contribution in [-0.4, -0.2) is 30.0 Å². The standard InChI is InChI=1S/C12H14Cl3N3O/c1-7(19)16-8-2-4-18(5-3-8)12-10(14)6-9(13)11(15)17-12/h6,8H,2-5H2,1H3,(H,16,19). The van der Waals surface area contributed by atoms with Crippen molar-refractivity contribution in [3.63, 3.8) is 0 Å². The van der Waals surface area contributed by atoms with Crippen molar-refractivity contribution < 1.29 is 4.79 Å². The van der Waals surface area contributed by atoms with Gasteiger partial charge >= 0.3 is 0 Å². The van der Waals surface area contributed by atoms with Crippen LogP contribution in [0.3, 0.4) is 0 Å². The van der Waals surface area contributed by atoms with Gasteiger partial charge in [0, 0.05) is 26.1 Å². The molecular weight excluding hydrogens is 309 g/mol. The number of anilines is 1. The van der Waals surface area contributed by atoms with Gasteiger partial charge in [0.05, 0.1) is 10.0 Å². The van der Waals surface area contributed by atoms with Crippen LogP contribution < -0.4 is 10.2 Å². The molecular formula is C12H14Cl3N3O. The van der Waals surface area contributed by atoms with Crippen molar-refractivity contribution in [1.82, 2.24) is 10.3 Å². The molecule has 1 N–H and O–H groups in total. The molecule has 4 nitrogen and oxygen atoms in total. The molecule has 1 aliphatic heterocycles. The first-order chi connectivity index (χ1) is 8.97. The Morgan fingerprint density at radius 1 is 1.32 bits per heavy atom. The number of halogens is 3. The summed E-state index contributed by atoms with van der Waals surface area (Å²) in [5.41, 5.74) is 0. The number of hydrogen-bond donors (Lipinski definition) is 1. The Labute approximate surface area is 127 Å². The summed E-state index contributed by atoms with van der Waals surface area (Å²) >= 11 is 17.9. The molecule has 1 aromatic rings. The molecule has 0 saturated carbocycles. The predicted octanol–water partition coefficient (Wildman–Crippen LogP) is 3.15. The van der Waals surface area contributed by atoms with E-state index in [1.54, 1.807) is 6.07 Å². The van der Waals surface area contributed by atoms with Crippen LogP contribution in [0.5, 0.6) is 0 Å². The zero-order chi connectivity index (χ0) is 14.0. The second-order valence-electron chi connectivity index (χ2n) is 4.53. The smallest absolute Gasteiger partial charge is 0.217 e. The number of nitrogens with zero attached hydrogens (tertiary/aromatic N) is 2. The summed E-state index contributed by atoms with van der Waals surface area (Å²) in [7, 11) is 0. The maximum absolute atomic E-state index is 11.0. The molecule has 2 heterocycles. The molecule has 0 bridgehead atoms. The Hall–Kier alpha value is -0.710. The fourth-order valence-corrected chi connectivity index (χ4v) is 2.79. The normalized spacial score (nSPS) is 16.5. The zero-order valence-corrected chi connectivity index (χ0v) is 12.7. The third kappa shape index (κ3) is 3.65.